The fourth-order valence-corrected chi connectivity index (χ4v) is 6.10. The van der Waals surface area contributed by atoms with Gasteiger partial charge in [0.2, 0.25) is 0 Å². The highest BCUT2D eigenvalue weighted by molar-refractivity contribution is 7.11. The predicted octanol–water partition coefficient (Wildman–Crippen LogP) is 4.42. The van der Waals surface area contributed by atoms with Crippen LogP contribution in [0.4, 0.5) is 13.2 Å². The fourth-order valence-electron chi connectivity index (χ4n) is 5.50. The quantitative estimate of drug-likeness (QED) is 0.404. The number of amides is 2. The average molecular weight is 556 g/mol. The van der Waals surface area contributed by atoms with Gasteiger partial charge in [-0.2, -0.15) is 13.2 Å². The number of benzene rings is 2. The van der Waals surface area contributed by atoms with Crippen LogP contribution >= 0.6 is 11.3 Å². The Morgan fingerprint density at radius 2 is 1.67 bits per heavy atom. The Kier molecular flexibility index (Phi) is 6.29. The number of fused-ring (bicyclic) bond motifs is 1. The number of hydrogen-bond acceptors (Lipinski definition) is 5. The van der Waals surface area contributed by atoms with Crippen LogP contribution < -0.4 is 5.69 Å². The van der Waals surface area contributed by atoms with Crippen LogP contribution in [0.1, 0.15) is 38.6 Å². The van der Waals surface area contributed by atoms with Gasteiger partial charge in [-0.3, -0.25) is 14.2 Å². The first kappa shape index (κ1) is 25.4. The van der Waals surface area contributed by atoms with Gasteiger partial charge in [-0.15, -0.1) is 11.3 Å². The number of imidazole rings is 1. The third-order valence-corrected chi connectivity index (χ3v) is 8.45. The van der Waals surface area contributed by atoms with E-state index in [1.807, 2.05) is 4.90 Å². The Morgan fingerprint density at radius 1 is 0.949 bits per heavy atom. The van der Waals surface area contributed by atoms with Crippen LogP contribution in [0.5, 0.6) is 0 Å². The number of hydrogen-bond donors (Lipinski definition) is 1. The first-order chi connectivity index (χ1) is 18.7. The second-order valence-corrected chi connectivity index (χ2v) is 10.9. The Balaban J connectivity index is 1.09. The van der Waals surface area contributed by atoms with Gasteiger partial charge in [0, 0.05) is 43.3 Å². The zero-order valence-electron chi connectivity index (χ0n) is 20.6. The van der Waals surface area contributed by atoms with E-state index in [0.29, 0.717) is 65.3 Å². The molecule has 8 nitrogen and oxygen atoms in total. The van der Waals surface area contributed by atoms with Crippen LogP contribution in [0.3, 0.4) is 0 Å². The molecule has 2 aliphatic rings. The van der Waals surface area contributed by atoms with E-state index < -0.39 is 17.4 Å². The molecule has 4 heterocycles. The zero-order chi connectivity index (χ0) is 27.3. The number of aromatic nitrogens is 3. The van der Waals surface area contributed by atoms with E-state index in [1.165, 1.54) is 28.0 Å². The number of halogens is 3. The minimum absolute atomic E-state index is 0.0190. The lowest BCUT2D eigenvalue weighted by Gasteiger charge is -2.46. The summed E-state index contributed by atoms with van der Waals surface area (Å²) in [6.45, 7) is 2.66. The van der Waals surface area contributed by atoms with Crippen molar-refractivity contribution in [1.82, 2.24) is 24.3 Å². The molecule has 0 radical (unpaired) electrons. The van der Waals surface area contributed by atoms with Gasteiger partial charge in [-0.1, -0.05) is 0 Å². The lowest BCUT2D eigenvalue weighted by atomic mass is 9.79. The number of nitrogens with zero attached hydrogens (tertiary/aromatic N) is 4. The SMILES string of the molecule is O=C(c1ccc2c(c1)[nH]c(=O)n2-c1ccc(C(F)(F)F)cc1)N1CC(C2CCN(C(=O)c3nccs3)CC2)C1. The number of nitrogens with one attached hydrogen (secondary N) is 1. The Labute approximate surface area is 224 Å². The molecule has 6 rings (SSSR count). The van der Waals surface area contributed by atoms with Crippen LogP contribution in [-0.2, 0) is 6.18 Å². The van der Waals surface area contributed by atoms with Crippen molar-refractivity contribution >= 4 is 34.2 Å². The molecular formula is C27H24F3N5O3S. The van der Waals surface area contributed by atoms with Crippen LogP contribution in [0.25, 0.3) is 16.7 Å². The van der Waals surface area contributed by atoms with Crippen LogP contribution in [-0.4, -0.2) is 62.3 Å². The molecule has 0 saturated carbocycles. The molecule has 4 aromatic rings. The average Bonchev–Trinajstić information content (AvgIpc) is 3.54. The maximum Gasteiger partial charge on any atom is 0.416 e. The molecule has 2 aliphatic heterocycles. The number of H-pyrrole nitrogens is 1. The monoisotopic (exact) mass is 555 g/mol. The minimum Gasteiger partial charge on any atom is -0.338 e. The zero-order valence-corrected chi connectivity index (χ0v) is 21.5. The van der Waals surface area contributed by atoms with Gasteiger partial charge >= 0.3 is 11.9 Å². The fraction of sp³-hybridized carbons (Fsp3) is 0.333. The molecule has 2 amide bonds. The Morgan fingerprint density at radius 3 is 2.31 bits per heavy atom. The summed E-state index contributed by atoms with van der Waals surface area (Å²) < 4.78 is 40.0. The number of carbonyl (C=O) groups is 2. The Hall–Kier alpha value is -3.93. The molecule has 0 aliphatic carbocycles. The highest BCUT2D eigenvalue weighted by Crippen LogP contribution is 2.34. The number of thiazole rings is 1. The first-order valence-electron chi connectivity index (χ1n) is 12.6. The van der Waals surface area contributed by atoms with E-state index in [1.54, 1.807) is 34.7 Å². The van der Waals surface area contributed by atoms with Crippen molar-refractivity contribution in [2.75, 3.05) is 26.2 Å². The number of alkyl halides is 3. The molecule has 2 aromatic heterocycles. The van der Waals surface area contributed by atoms with Gasteiger partial charge in [0.15, 0.2) is 5.01 Å². The van der Waals surface area contributed by atoms with E-state index in [-0.39, 0.29) is 11.8 Å². The van der Waals surface area contributed by atoms with Gasteiger partial charge < -0.3 is 14.8 Å². The van der Waals surface area contributed by atoms with Crippen molar-refractivity contribution in [3.63, 3.8) is 0 Å². The summed E-state index contributed by atoms with van der Waals surface area (Å²) in [7, 11) is 0. The first-order valence-corrected chi connectivity index (χ1v) is 13.5. The molecule has 0 bridgehead atoms. The van der Waals surface area contributed by atoms with Gasteiger partial charge in [0.05, 0.1) is 22.3 Å². The molecule has 12 heteroatoms. The lowest BCUT2D eigenvalue weighted by molar-refractivity contribution is -0.137. The van der Waals surface area contributed by atoms with E-state index >= 15 is 0 Å². The topological polar surface area (TPSA) is 91.3 Å². The highest BCUT2D eigenvalue weighted by Gasteiger charge is 2.38. The molecule has 2 fully saturated rings. The van der Waals surface area contributed by atoms with Gasteiger partial charge in [0.1, 0.15) is 0 Å². The Bertz CT molecular complexity index is 1580. The van der Waals surface area contributed by atoms with Crippen LogP contribution in [0.15, 0.2) is 58.8 Å². The number of piperidine rings is 1. The summed E-state index contributed by atoms with van der Waals surface area (Å²) in [6, 6.07) is 9.23. The molecule has 202 valence electrons. The van der Waals surface area contributed by atoms with Gasteiger partial charge in [-0.05, 0) is 67.1 Å². The number of likely N-dealkylation sites (tertiary alicyclic amines) is 2. The number of carbonyl (C=O) groups excluding carboxylic acids is 2. The molecule has 2 aromatic carbocycles. The van der Waals surface area contributed by atoms with Crippen molar-refractivity contribution in [2.24, 2.45) is 11.8 Å². The predicted molar refractivity (Wildman–Crippen MR) is 139 cm³/mol. The molecule has 0 spiro atoms. The largest absolute Gasteiger partial charge is 0.416 e. The molecule has 1 N–H and O–H groups in total. The van der Waals surface area contributed by atoms with Gasteiger partial charge in [-0.25, -0.2) is 9.78 Å². The van der Waals surface area contributed by atoms with Crippen molar-refractivity contribution in [3.05, 3.63) is 80.7 Å². The third kappa shape index (κ3) is 4.73. The molecule has 0 unspecified atom stereocenters. The van der Waals surface area contributed by atoms with Gasteiger partial charge in [0.25, 0.3) is 11.8 Å². The van der Waals surface area contributed by atoms with Crippen molar-refractivity contribution < 1.29 is 22.8 Å². The summed E-state index contributed by atoms with van der Waals surface area (Å²) >= 11 is 1.35. The number of aromatic amines is 1. The maximum atomic E-state index is 13.1. The van der Waals surface area contributed by atoms with E-state index in [2.05, 4.69) is 9.97 Å². The summed E-state index contributed by atoms with van der Waals surface area (Å²) in [6.07, 6.45) is -1.04. The lowest BCUT2D eigenvalue weighted by Crippen LogP contribution is -2.54. The van der Waals surface area contributed by atoms with E-state index in [9.17, 15) is 27.6 Å². The van der Waals surface area contributed by atoms with Crippen molar-refractivity contribution in [1.29, 1.82) is 0 Å². The standard InChI is InChI=1S/C27H24F3N5O3S/c28-27(29,30)19-2-4-20(5-3-19)35-22-6-1-17(13-21(22)32-26(35)38)24(36)34-14-18(15-34)16-7-10-33(11-8-16)25(37)23-31-9-12-39-23/h1-6,9,12-13,16,18H,7-8,10-11,14-15H2,(H,32,38). The molecular weight excluding hydrogens is 531 g/mol. The summed E-state index contributed by atoms with van der Waals surface area (Å²) in [4.78, 5) is 48.7. The normalized spacial score (nSPS) is 17.0. The van der Waals surface area contributed by atoms with E-state index in [0.717, 1.165) is 25.0 Å². The second-order valence-electron chi connectivity index (χ2n) is 9.98. The molecule has 0 atom stereocenters. The second kappa shape index (κ2) is 9.67. The maximum absolute atomic E-state index is 13.1. The third-order valence-electron chi connectivity index (χ3n) is 7.69. The van der Waals surface area contributed by atoms with Crippen LogP contribution in [0, 0.1) is 11.8 Å². The highest BCUT2D eigenvalue weighted by atomic mass is 32.1. The summed E-state index contributed by atoms with van der Waals surface area (Å²) in [5, 5.41) is 2.31. The minimum atomic E-state index is -4.47. The molecule has 2 saturated heterocycles. The number of rotatable bonds is 4. The van der Waals surface area contributed by atoms with Crippen molar-refractivity contribution in [3.8, 4) is 5.69 Å². The van der Waals surface area contributed by atoms with Crippen LogP contribution in [0.2, 0.25) is 0 Å². The van der Waals surface area contributed by atoms with E-state index in [4.69, 9.17) is 0 Å². The molecule has 39 heavy (non-hydrogen) atoms. The smallest absolute Gasteiger partial charge is 0.338 e. The summed E-state index contributed by atoms with van der Waals surface area (Å²) in [5.74, 6) is 0.684. The summed E-state index contributed by atoms with van der Waals surface area (Å²) in [5.41, 5.74) is 0.332. The van der Waals surface area contributed by atoms with Crippen molar-refractivity contribution in [2.45, 2.75) is 19.0 Å².